The van der Waals surface area contributed by atoms with Gasteiger partial charge in [-0.25, -0.2) is 0 Å². The molecule has 0 aliphatic carbocycles. The molecule has 1 aromatic carbocycles. The van der Waals surface area contributed by atoms with Gasteiger partial charge in [0.2, 0.25) is 5.91 Å². The molecule has 0 bridgehead atoms. The average molecular weight is 283 g/mol. The van der Waals surface area contributed by atoms with Crippen LogP contribution in [0.1, 0.15) is 37.7 Å². The Balaban J connectivity index is 2.30. The fourth-order valence-corrected chi connectivity index (χ4v) is 2.08. The van der Waals surface area contributed by atoms with Gasteiger partial charge in [-0.15, -0.1) is 24.7 Å². The number of nitrogens with one attached hydrogen (secondary N) is 1. The minimum Gasteiger partial charge on any atom is -0.388 e. The Hall–Kier alpha value is -2.23. The maximum absolute atomic E-state index is 11.7. The SMILES string of the molecule is C#CCC(O)(CC#C)CCCC(=O)NCc1ccccc1. The summed E-state index contributed by atoms with van der Waals surface area (Å²) in [4.78, 5) is 11.7. The first-order valence-corrected chi connectivity index (χ1v) is 6.99. The summed E-state index contributed by atoms with van der Waals surface area (Å²) in [5.74, 6) is 4.82. The number of aliphatic hydroxyl groups is 1. The van der Waals surface area contributed by atoms with Crippen molar-refractivity contribution < 1.29 is 9.90 Å². The number of hydrogen-bond donors (Lipinski definition) is 2. The molecule has 1 rings (SSSR count). The Kier molecular flexibility index (Phi) is 7.09. The molecule has 110 valence electrons. The molecule has 0 aliphatic heterocycles. The summed E-state index contributed by atoms with van der Waals surface area (Å²) in [5, 5.41) is 13.1. The second-order valence-electron chi connectivity index (χ2n) is 5.10. The molecule has 3 heteroatoms. The molecule has 0 unspecified atom stereocenters. The lowest BCUT2D eigenvalue weighted by molar-refractivity contribution is -0.121. The molecular weight excluding hydrogens is 262 g/mol. The average Bonchev–Trinajstić information content (AvgIpc) is 2.47. The van der Waals surface area contributed by atoms with Gasteiger partial charge in [-0.1, -0.05) is 30.3 Å². The Morgan fingerprint density at radius 2 is 1.81 bits per heavy atom. The van der Waals surface area contributed by atoms with Gasteiger partial charge in [0.05, 0.1) is 5.60 Å². The van der Waals surface area contributed by atoms with Crippen molar-refractivity contribution >= 4 is 5.91 Å². The van der Waals surface area contributed by atoms with E-state index in [2.05, 4.69) is 17.2 Å². The number of benzene rings is 1. The van der Waals surface area contributed by atoms with Gasteiger partial charge in [-0.2, -0.15) is 0 Å². The van der Waals surface area contributed by atoms with Crippen LogP contribution in [0.15, 0.2) is 30.3 Å². The predicted octanol–water partition coefficient (Wildman–Crippen LogP) is 2.25. The largest absolute Gasteiger partial charge is 0.388 e. The molecule has 3 nitrogen and oxygen atoms in total. The van der Waals surface area contributed by atoms with E-state index in [-0.39, 0.29) is 18.7 Å². The second-order valence-corrected chi connectivity index (χ2v) is 5.10. The molecule has 0 aromatic heterocycles. The van der Waals surface area contributed by atoms with Gasteiger partial charge in [0.1, 0.15) is 0 Å². The van der Waals surface area contributed by atoms with Gasteiger partial charge in [0, 0.05) is 25.8 Å². The summed E-state index contributed by atoms with van der Waals surface area (Å²) in [6.45, 7) is 0.513. The van der Waals surface area contributed by atoms with Crippen LogP contribution in [0.4, 0.5) is 0 Å². The van der Waals surface area contributed by atoms with Crippen LogP contribution in [-0.2, 0) is 11.3 Å². The van der Waals surface area contributed by atoms with Crippen molar-refractivity contribution in [3.63, 3.8) is 0 Å². The summed E-state index contributed by atoms with van der Waals surface area (Å²) in [6, 6.07) is 9.71. The summed E-state index contributed by atoms with van der Waals surface area (Å²) in [6.07, 6.45) is 12.2. The monoisotopic (exact) mass is 283 g/mol. The third-order valence-corrected chi connectivity index (χ3v) is 3.24. The lowest BCUT2D eigenvalue weighted by atomic mass is 9.90. The molecule has 0 atom stereocenters. The van der Waals surface area contributed by atoms with Gasteiger partial charge in [-0.05, 0) is 18.4 Å². The smallest absolute Gasteiger partial charge is 0.220 e. The van der Waals surface area contributed by atoms with E-state index in [4.69, 9.17) is 12.8 Å². The Morgan fingerprint density at radius 3 is 2.38 bits per heavy atom. The van der Waals surface area contributed by atoms with Crippen molar-refractivity contribution in [2.75, 3.05) is 0 Å². The summed E-state index contributed by atoms with van der Waals surface area (Å²) in [5.41, 5.74) is 0.00505. The van der Waals surface area contributed by atoms with Crippen molar-refractivity contribution in [1.82, 2.24) is 5.32 Å². The third kappa shape index (κ3) is 6.65. The standard InChI is InChI=1S/C18H21NO2/c1-3-12-18(21,13-4-2)14-8-11-17(20)19-15-16-9-6-5-7-10-16/h1-2,5-7,9-10,21H,8,11-15H2,(H,19,20). The Morgan fingerprint density at radius 1 is 1.19 bits per heavy atom. The van der Waals surface area contributed by atoms with Crippen LogP contribution < -0.4 is 5.32 Å². The number of hydrogen-bond acceptors (Lipinski definition) is 2. The first-order chi connectivity index (χ1) is 10.1. The molecule has 0 radical (unpaired) electrons. The van der Waals surface area contributed by atoms with Crippen molar-refractivity contribution in [2.45, 2.75) is 44.2 Å². The van der Waals surface area contributed by atoms with E-state index < -0.39 is 5.60 Å². The van der Waals surface area contributed by atoms with E-state index >= 15 is 0 Å². The first kappa shape index (κ1) is 16.8. The number of carbonyl (C=O) groups is 1. The highest BCUT2D eigenvalue weighted by Gasteiger charge is 2.24. The zero-order valence-corrected chi connectivity index (χ0v) is 12.1. The van der Waals surface area contributed by atoms with Crippen molar-refractivity contribution in [3.05, 3.63) is 35.9 Å². The molecule has 0 saturated heterocycles. The number of rotatable bonds is 8. The van der Waals surface area contributed by atoms with Crippen LogP contribution in [0.25, 0.3) is 0 Å². The Bertz CT molecular complexity index is 506. The predicted molar refractivity (Wildman–Crippen MR) is 84.0 cm³/mol. The summed E-state index contributed by atoms with van der Waals surface area (Å²) < 4.78 is 0. The van der Waals surface area contributed by atoms with Crippen LogP contribution >= 0.6 is 0 Å². The number of carbonyl (C=O) groups excluding carboxylic acids is 1. The third-order valence-electron chi connectivity index (χ3n) is 3.24. The van der Waals surface area contributed by atoms with Crippen LogP contribution in [0.3, 0.4) is 0 Å². The number of terminal acetylenes is 2. The van der Waals surface area contributed by atoms with Gasteiger partial charge in [-0.3, -0.25) is 4.79 Å². The highest BCUT2D eigenvalue weighted by Crippen LogP contribution is 2.21. The maximum Gasteiger partial charge on any atom is 0.220 e. The van der Waals surface area contributed by atoms with Gasteiger partial charge >= 0.3 is 0 Å². The molecule has 2 N–H and O–H groups in total. The topological polar surface area (TPSA) is 49.3 Å². The van der Waals surface area contributed by atoms with Crippen LogP contribution in [0.2, 0.25) is 0 Å². The van der Waals surface area contributed by atoms with Gasteiger partial charge in [0.25, 0.3) is 0 Å². The minimum atomic E-state index is -1.05. The zero-order valence-electron chi connectivity index (χ0n) is 12.1. The normalized spacial score (nSPS) is 10.4. The fourth-order valence-electron chi connectivity index (χ4n) is 2.08. The number of amides is 1. The molecule has 0 saturated carbocycles. The lowest BCUT2D eigenvalue weighted by Crippen LogP contribution is -2.29. The van der Waals surface area contributed by atoms with E-state index in [1.807, 2.05) is 30.3 Å². The van der Waals surface area contributed by atoms with Crippen LogP contribution in [0.5, 0.6) is 0 Å². The van der Waals surface area contributed by atoms with E-state index in [0.717, 1.165) is 5.56 Å². The summed E-state index contributed by atoms with van der Waals surface area (Å²) >= 11 is 0. The summed E-state index contributed by atoms with van der Waals surface area (Å²) in [7, 11) is 0. The molecule has 0 fully saturated rings. The highest BCUT2D eigenvalue weighted by atomic mass is 16.3. The molecule has 1 amide bonds. The minimum absolute atomic E-state index is 0.0392. The lowest BCUT2D eigenvalue weighted by Gasteiger charge is -2.23. The molecular formula is C18H21NO2. The van der Waals surface area contributed by atoms with Crippen molar-refractivity contribution in [3.8, 4) is 24.7 Å². The first-order valence-electron chi connectivity index (χ1n) is 6.99. The Labute approximate surface area is 126 Å². The van der Waals surface area contributed by atoms with E-state index in [9.17, 15) is 9.90 Å². The quantitative estimate of drug-likeness (QED) is 0.719. The van der Waals surface area contributed by atoms with Gasteiger partial charge in [0.15, 0.2) is 0 Å². The maximum atomic E-state index is 11.7. The van der Waals surface area contributed by atoms with E-state index in [0.29, 0.717) is 25.8 Å². The molecule has 0 spiro atoms. The highest BCUT2D eigenvalue weighted by molar-refractivity contribution is 5.75. The molecule has 0 heterocycles. The van der Waals surface area contributed by atoms with Gasteiger partial charge < -0.3 is 10.4 Å². The second kappa shape index (κ2) is 8.84. The molecule has 0 aliphatic rings. The van der Waals surface area contributed by atoms with Crippen molar-refractivity contribution in [2.24, 2.45) is 0 Å². The molecule has 1 aromatic rings. The van der Waals surface area contributed by atoms with Crippen molar-refractivity contribution in [1.29, 1.82) is 0 Å². The van der Waals surface area contributed by atoms with Crippen LogP contribution in [-0.4, -0.2) is 16.6 Å². The van der Waals surface area contributed by atoms with Crippen LogP contribution in [0, 0.1) is 24.7 Å². The van der Waals surface area contributed by atoms with E-state index in [1.165, 1.54) is 0 Å². The van der Waals surface area contributed by atoms with E-state index in [1.54, 1.807) is 0 Å². The molecule has 21 heavy (non-hydrogen) atoms. The fraction of sp³-hybridized carbons (Fsp3) is 0.389. The zero-order chi connectivity index (χ0) is 15.6.